The van der Waals surface area contributed by atoms with Gasteiger partial charge in [0.2, 0.25) is 0 Å². The van der Waals surface area contributed by atoms with Gasteiger partial charge in [-0.15, -0.1) is 6.58 Å². The van der Waals surface area contributed by atoms with E-state index in [1.54, 1.807) is 6.07 Å². The van der Waals surface area contributed by atoms with Crippen molar-refractivity contribution < 1.29 is 5.11 Å². The van der Waals surface area contributed by atoms with Gasteiger partial charge in [0, 0.05) is 31.7 Å². The van der Waals surface area contributed by atoms with Crippen LogP contribution in [-0.2, 0) is 0 Å². The van der Waals surface area contributed by atoms with Crippen LogP contribution >= 0.6 is 0 Å². The summed E-state index contributed by atoms with van der Waals surface area (Å²) in [6, 6.07) is 12.0. The summed E-state index contributed by atoms with van der Waals surface area (Å²) in [6.45, 7) is 7.89. The van der Waals surface area contributed by atoms with Crippen molar-refractivity contribution in [3.8, 4) is 5.75 Å². The molecule has 3 heteroatoms. The zero-order valence-electron chi connectivity index (χ0n) is 11.5. The summed E-state index contributed by atoms with van der Waals surface area (Å²) in [5.41, 5.74) is 0.972. The molecule has 2 aromatic rings. The maximum absolute atomic E-state index is 10.4. The molecule has 3 rings (SSSR count). The minimum Gasteiger partial charge on any atom is -0.508 e. The second kappa shape index (κ2) is 5.65. The monoisotopic (exact) mass is 268 g/mol. The summed E-state index contributed by atoms with van der Waals surface area (Å²) in [6.07, 6.45) is 1.94. The molecule has 2 aromatic carbocycles. The molecular formula is C17H20N2O. The number of phenols is 1. The van der Waals surface area contributed by atoms with E-state index >= 15 is 0 Å². The van der Waals surface area contributed by atoms with Crippen LogP contribution in [0.25, 0.3) is 10.8 Å². The molecule has 1 aliphatic heterocycles. The van der Waals surface area contributed by atoms with Gasteiger partial charge >= 0.3 is 0 Å². The fourth-order valence-electron chi connectivity index (χ4n) is 3.00. The first-order valence-corrected chi connectivity index (χ1v) is 7.09. The van der Waals surface area contributed by atoms with Gasteiger partial charge in [-0.1, -0.05) is 36.4 Å². The highest BCUT2D eigenvalue weighted by atomic mass is 16.3. The lowest BCUT2D eigenvalue weighted by molar-refractivity contribution is 0.202. The molecule has 0 unspecified atom stereocenters. The van der Waals surface area contributed by atoms with Crippen LogP contribution in [0.3, 0.4) is 0 Å². The SMILES string of the molecule is C=C[C@@H](c1c(O)ccc2ccccc12)N1CCNCC1. The Kier molecular flexibility index (Phi) is 3.72. The molecule has 2 N–H and O–H groups in total. The Morgan fingerprint density at radius 3 is 2.65 bits per heavy atom. The highest BCUT2D eigenvalue weighted by Gasteiger charge is 2.23. The number of piperazine rings is 1. The molecule has 1 heterocycles. The number of rotatable bonds is 3. The first-order valence-electron chi connectivity index (χ1n) is 7.09. The van der Waals surface area contributed by atoms with Crippen molar-refractivity contribution in [1.29, 1.82) is 0 Å². The van der Waals surface area contributed by atoms with Crippen molar-refractivity contribution in [2.45, 2.75) is 6.04 Å². The lowest BCUT2D eigenvalue weighted by Crippen LogP contribution is -2.44. The molecule has 0 amide bonds. The first kappa shape index (κ1) is 13.2. The topological polar surface area (TPSA) is 35.5 Å². The van der Waals surface area contributed by atoms with Crippen LogP contribution in [0.15, 0.2) is 49.1 Å². The van der Waals surface area contributed by atoms with Crippen LogP contribution in [0, 0.1) is 0 Å². The van der Waals surface area contributed by atoms with Crippen LogP contribution in [-0.4, -0.2) is 36.2 Å². The molecule has 104 valence electrons. The third kappa shape index (κ3) is 2.30. The summed E-state index contributed by atoms with van der Waals surface area (Å²) in [4.78, 5) is 2.37. The molecule has 0 radical (unpaired) electrons. The maximum Gasteiger partial charge on any atom is 0.121 e. The summed E-state index contributed by atoms with van der Waals surface area (Å²) >= 11 is 0. The van der Waals surface area contributed by atoms with Crippen molar-refractivity contribution >= 4 is 10.8 Å². The van der Waals surface area contributed by atoms with Gasteiger partial charge in [-0.25, -0.2) is 0 Å². The van der Waals surface area contributed by atoms with Gasteiger partial charge in [-0.3, -0.25) is 4.90 Å². The Labute approximate surface area is 119 Å². The number of fused-ring (bicyclic) bond motifs is 1. The molecule has 0 aromatic heterocycles. The Balaban J connectivity index is 2.10. The van der Waals surface area contributed by atoms with E-state index in [4.69, 9.17) is 0 Å². The molecule has 1 fully saturated rings. The minimum atomic E-state index is 0.0585. The predicted molar refractivity (Wildman–Crippen MR) is 83.0 cm³/mol. The number of benzene rings is 2. The average Bonchev–Trinajstić information content (AvgIpc) is 2.51. The van der Waals surface area contributed by atoms with E-state index in [0.29, 0.717) is 5.75 Å². The number of aromatic hydroxyl groups is 1. The van der Waals surface area contributed by atoms with Gasteiger partial charge in [0.1, 0.15) is 5.75 Å². The second-order valence-electron chi connectivity index (χ2n) is 5.19. The molecule has 1 atom stereocenters. The molecular weight excluding hydrogens is 248 g/mol. The maximum atomic E-state index is 10.4. The minimum absolute atomic E-state index is 0.0585. The summed E-state index contributed by atoms with van der Waals surface area (Å²) in [5.74, 6) is 0.354. The van der Waals surface area contributed by atoms with E-state index in [2.05, 4.69) is 28.9 Å². The van der Waals surface area contributed by atoms with E-state index in [-0.39, 0.29) is 6.04 Å². The summed E-state index contributed by atoms with van der Waals surface area (Å²) in [5, 5.41) is 16.0. The van der Waals surface area contributed by atoms with E-state index in [1.165, 1.54) is 0 Å². The van der Waals surface area contributed by atoms with Crippen LogP contribution in [0.2, 0.25) is 0 Å². The average molecular weight is 268 g/mol. The van der Waals surface area contributed by atoms with E-state index in [9.17, 15) is 5.11 Å². The van der Waals surface area contributed by atoms with Crippen molar-refractivity contribution in [3.05, 3.63) is 54.6 Å². The largest absolute Gasteiger partial charge is 0.508 e. The molecule has 20 heavy (non-hydrogen) atoms. The standard InChI is InChI=1S/C17H20N2O/c1-2-15(19-11-9-18-10-12-19)17-14-6-4-3-5-13(14)7-8-16(17)20/h2-8,15,18,20H,1,9-12H2/t15-/m0/s1. The second-order valence-corrected chi connectivity index (χ2v) is 5.19. The fourth-order valence-corrected chi connectivity index (χ4v) is 3.00. The summed E-state index contributed by atoms with van der Waals surface area (Å²) < 4.78 is 0. The highest BCUT2D eigenvalue weighted by molar-refractivity contribution is 5.88. The number of hydrogen-bond donors (Lipinski definition) is 2. The molecule has 0 spiro atoms. The Morgan fingerprint density at radius 1 is 1.15 bits per heavy atom. The predicted octanol–water partition coefficient (Wildman–Crippen LogP) is 2.68. The Hall–Kier alpha value is -1.84. The van der Waals surface area contributed by atoms with Gasteiger partial charge in [0.15, 0.2) is 0 Å². The summed E-state index contributed by atoms with van der Waals surface area (Å²) in [7, 11) is 0. The van der Waals surface area contributed by atoms with Gasteiger partial charge in [0.25, 0.3) is 0 Å². The van der Waals surface area contributed by atoms with Gasteiger partial charge in [-0.05, 0) is 16.8 Å². The zero-order chi connectivity index (χ0) is 13.9. The third-order valence-electron chi connectivity index (χ3n) is 4.01. The third-order valence-corrected chi connectivity index (χ3v) is 4.01. The number of hydrogen-bond acceptors (Lipinski definition) is 3. The van der Waals surface area contributed by atoms with E-state index in [0.717, 1.165) is 42.5 Å². The van der Waals surface area contributed by atoms with Crippen molar-refractivity contribution in [2.75, 3.05) is 26.2 Å². The fraction of sp³-hybridized carbons (Fsp3) is 0.294. The van der Waals surface area contributed by atoms with Crippen LogP contribution in [0.4, 0.5) is 0 Å². The number of nitrogens with zero attached hydrogens (tertiary/aromatic N) is 1. The Bertz CT molecular complexity index is 617. The van der Waals surface area contributed by atoms with E-state index in [1.807, 2.05) is 24.3 Å². The molecule has 0 aliphatic carbocycles. The van der Waals surface area contributed by atoms with Crippen LogP contribution in [0.5, 0.6) is 5.75 Å². The highest BCUT2D eigenvalue weighted by Crippen LogP contribution is 2.36. The van der Waals surface area contributed by atoms with Gasteiger partial charge in [0.05, 0.1) is 6.04 Å². The smallest absolute Gasteiger partial charge is 0.121 e. The van der Waals surface area contributed by atoms with Crippen molar-refractivity contribution in [1.82, 2.24) is 10.2 Å². The van der Waals surface area contributed by atoms with Gasteiger partial charge < -0.3 is 10.4 Å². The molecule has 1 aliphatic rings. The molecule has 1 saturated heterocycles. The normalized spacial score (nSPS) is 18.0. The number of phenolic OH excluding ortho intramolecular Hbond substituents is 1. The van der Waals surface area contributed by atoms with E-state index < -0.39 is 0 Å². The van der Waals surface area contributed by atoms with Crippen LogP contribution < -0.4 is 5.32 Å². The quantitative estimate of drug-likeness (QED) is 0.840. The molecule has 0 bridgehead atoms. The van der Waals surface area contributed by atoms with Gasteiger partial charge in [-0.2, -0.15) is 0 Å². The lowest BCUT2D eigenvalue weighted by atomic mass is 9.96. The first-order chi connectivity index (χ1) is 9.81. The number of nitrogens with one attached hydrogen (secondary N) is 1. The molecule has 3 nitrogen and oxygen atoms in total. The Morgan fingerprint density at radius 2 is 1.90 bits per heavy atom. The zero-order valence-corrected chi connectivity index (χ0v) is 11.5. The lowest BCUT2D eigenvalue weighted by Gasteiger charge is -2.34. The van der Waals surface area contributed by atoms with Crippen LogP contribution in [0.1, 0.15) is 11.6 Å². The van der Waals surface area contributed by atoms with Crippen molar-refractivity contribution in [3.63, 3.8) is 0 Å². The van der Waals surface area contributed by atoms with Crippen molar-refractivity contribution in [2.24, 2.45) is 0 Å². The molecule has 0 saturated carbocycles.